The minimum Gasteiger partial charge on any atom is -0.496 e. The lowest BCUT2D eigenvalue weighted by atomic mass is 10.2. The number of carbonyl (C=O) groups is 1. The van der Waals surface area contributed by atoms with Crippen molar-refractivity contribution >= 4 is 38.1 Å². The van der Waals surface area contributed by atoms with Gasteiger partial charge in [0.1, 0.15) is 5.75 Å². The number of nitrogens with zero attached hydrogens (tertiary/aromatic N) is 2. The molecule has 0 saturated heterocycles. The van der Waals surface area contributed by atoms with Gasteiger partial charge in [-0.15, -0.1) is 0 Å². The summed E-state index contributed by atoms with van der Waals surface area (Å²) in [6.45, 7) is -0.348. The number of benzene rings is 3. The first-order chi connectivity index (χ1) is 15.4. The van der Waals surface area contributed by atoms with Crippen LogP contribution in [-0.2, 0) is 21.4 Å². The molecule has 1 amide bonds. The Bertz CT molecular complexity index is 1180. The zero-order valence-electron chi connectivity index (χ0n) is 17.3. The van der Waals surface area contributed by atoms with Crippen molar-refractivity contribution in [3.8, 4) is 5.75 Å². The zero-order chi connectivity index (χ0) is 23.0. The SMILES string of the molecule is COc1ccccc1/C=N\NC(=O)CN(Cc1ccccc1)S(=O)(=O)c1ccc(Br)cc1. The van der Waals surface area contributed by atoms with Crippen molar-refractivity contribution in [1.82, 2.24) is 9.73 Å². The molecule has 0 unspecified atom stereocenters. The molecule has 0 atom stereocenters. The number of halogens is 1. The van der Waals surface area contributed by atoms with E-state index in [0.29, 0.717) is 11.3 Å². The number of methoxy groups -OCH3 is 1. The first kappa shape index (κ1) is 23.6. The quantitative estimate of drug-likeness (QED) is 0.346. The molecule has 3 rings (SSSR count). The van der Waals surface area contributed by atoms with Crippen molar-refractivity contribution < 1.29 is 17.9 Å². The molecule has 3 aromatic rings. The van der Waals surface area contributed by atoms with Gasteiger partial charge in [0.15, 0.2) is 0 Å². The van der Waals surface area contributed by atoms with Gasteiger partial charge < -0.3 is 4.74 Å². The average molecular weight is 516 g/mol. The van der Waals surface area contributed by atoms with Crippen molar-refractivity contribution in [3.05, 3.63) is 94.5 Å². The predicted molar refractivity (Wildman–Crippen MR) is 127 cm³/mol. The van der Waals surface area contributed by atoms with Gasteiger partial charge in [0.25, 0.3) is 5.91 Å². The van der Waals surface area contributed by atoms with Gasteiger partial charge >= 0.3 is 0 Å². The first-order valence-corrected chi connectivity index (χ1v) is 11.9. The number of hydrogen-bond donors (Lipinski definition) is 1. The monoisotopic (exact) mass is 515 g/mol. The summed E-state index contributed by atoms with van der Waals surface area (Å²) in [6, 6.07) is 22.6. The lowest BCUT2D eigenvalue weighted by molar-refractivity contribution is -0.121. The summed E-state index contributed by atoms with van der Waals surface area (Å²) in [5.41, 5.74) is 3.83. The van der Waals surface area contributed by atoms with E-state index >= 15 is 0 Å². The van der Waals surface area contributed by atoms with E-state index in [2.05, 4.69) is 26.5 Å². The van der Waals surface area contributed by atoms with Crippen LogP contribution in [-0.4, -0.2) is 38.5 Å². The molecule has 1 N–H and O–H groups in total. The number of para-hydroxylation sites is 1. The highest BCUT2D eigenvalue weighted by Gasteiger charge is 2.27. The van der Waals surface area contributed by atoms with E-state index in [1.54, 1.807) is 31.4 Å². The molecule has 166 valence electrons. The topological polar surface area (TPSA) is 88.1 Å². The standard InChI is InChI=1S/C23H22BrN3O4S/c1-31-22-10-6-5-9-19(22)15-25-26-23(28)17-27(16-18-7-3-2-4-8-18)32(29,30)21-13-11-20(24)12-14-21/h2-15H,16-17H2,1H3,(H,26,28)/b25-15-. The normalized spacial score (nSPS) is 11.6. The van der Waals surface area contributed by atoms with E-state index in [9.17, 15) is 13.2 Å². The molecular weight excluding hydrogens is 494 g/mol. The van der Waals surface area contributed by atoms with Crippen molar-refractivity contribution in [2.45, 2.75) is 11.4 Å². The number of sulfonamides is 1. The van der Waals surface area contributed by atoms with Gasteiger partial charge in [-0.05, 0) is 42.0 Å². The Morgan fingerprint density at radius 2 is 1.69 bits per heavy atom. The molecule has 7 nitrogen and oxygen atoms in total. The molecule has 9 heteroatoms. The molecule has 0 saturated carbocycles. The smallest absolute Gasteiger partial charge is 0.255 e. The van der Waals surface area contributed by atoms with Crippen LogP contribution >= 0.6 is 15.9 Å². The molecule has 3 aromatic carbocycles. The molecule has 32 heavy (non-hydrogen) atoms. The van der Waals surface area contributed by atoms with Crippen LogP contribution in [0.25, 0.3) is 0 Å². The Kier molecular flexibility index (Phi) is 8.15. The summed E-state index contributed by atoms with van der Waals surface area (Å²) < 4.78 is 33.6. The zero-order valence-corrected chi connectivity index (χ0v) is 19.7. The highest BCUT2D eigenvalue weighted by atomic mass is 79.9. The number of amides is 1. The van der Waals surface area contributed by atoms with E-state index in [1.165, 1.54) is 18.3 Å². The highest BCUT2D eigenvalue weighted by Crippen LogP contribution is 2.21. The Labute approximate surface area is 195 Å². The van der Waals surface area contributed by atoms with Crippen LogP contribution in [0, 0.1) is 0 Å². The highest BCUT2D eigenvalue weighted by molar-refractivity contribution is 9.10. The van der Waals surface area contributed by atoms with Crippen molar-refractivity contribution in [3.63, 3.8) is 0 Å². The van der Waals surface area contributed by atoms with Gasteiger partial charge in [-0.25, -0.2) is 13.8 Å². The maximum Gasteiger partial charge on any atom is 0.255 e. The largest absolute Gasteiger partial charge is 0.496 e. The number of hydrazone groups is 1. The summed E-state index contributed by atoms with van der Waals surface area (Å²) in [5.74, 6) is 0.0433. The molecule has 0 spiro atoms. The number of carbonyl (C=O) groups excluding carboxylic acids is 1. The average Bonchev–Trinajstić information content (AvgIpc) is 2.80. The molecular formula is C23H22BrN3O4S. The van der Waals surface area contributed by atoms with Gasteiger partial charge in [0.2, 0.25) is 10.0 Å². The predicted octanol–water partition coefficient (Wildman–Crippen LogP) is 3.80. The number of rotatable bonds is 9. The van der Waals surface area contributed by atoms with Gasteiger partial charge in [-0.2, -0.15) is 9.41 Å². The van der Waals surface area contributed by atoms with Crippen LogP contribution in [0.1, 0.15) is 11.1 Å². The lowest BCUT2D eigenvalue weighted by Gasteiger charge is -2.21. The Morgan fingerprint density at radius 1 is 1.03 bits per heavy atom. The summed E-state index contributed by atoms with van der Waals surface area (Å²) >= 11 is 3.30. The van der Waals surface area contributed by atoms with E-state index in [0.717, 1.165) is 14.3 Å². The van der Waals surface area contributed by atoms with Crippen molar-refractivity contribution in [2.24, 2.45) is 5.10 Å². The Morgan fingerprint density at radius 3 is 2.38 bits per heavy atom. The lowest BCUT2D eigenvalue weighted by Crippen LogP contribution is -2.39. The van der Waals surface area contributed by atoms with Crippen LogP contribution in [0.5, 0.6) is 5.75 Å². The summed E-state index contributed by atoms with van der Waals surface area (Å²) in [5, 5.41) is 3.94. The molecule has 0 aromatic heterocycles. The van der Waals surface area contributed by atoms with Crippen molar-refractivity contribution in [2.75, 3.05) is 13.7 Å². The third kappa shape index (κ3) is 6.25. The second-order valence-electron chi connectivity index (χ2n) is 6.75. The summed E-state index contributed by atoms with van der Waals surface area (Å²) in [6.07, 6.45) is 1.45. The van der Waals surface area contributed by atoms with Gasteiger partial charge in [-0.1, -0.05) is 58.4 Å². The molecule has 0 aliphatic carbocycles. The van der Waals surface area contributed by atoms with Crippen LogP contribution in [0.4, 0.5) is 0 Å². The molecule has 0 radical (unpaired) electrons. The van der Waals surface area contributed by atoms with Crippen LogP contribution in [0.15, 0.2) is 93.3 Å². The fraction of sp³-hybridized carbons (Fsp3) is 0.130. The Balaban J connectivity index is 1.78. The van der Waals surface area contributed by atoms with E-state index in [4.69, 9.17) is 4.74 Å². The first-order valence-electron chi connectivity index (χ1n) is 9.64. The fourth-order valence-corrected chi connectivity index (χ4v) is 4.56. The van der Waals surface area contributed by atoms with Crippen LogP contribution < -0.4 is 10.2 Å². The van der Waals surface area contributed by atoms with Crippen LogP contribution in [0.2, 0.25) is 0 Å². The van der Waals surface area contributed by atoms with Crippen LogP contribution in [0.3, 0.4) is 0 Å². The maximum atomic E-state index is 13.2. The number of hydrogen-bond acceptors (Lipinski definition) is 5. The number of nitrogens with one attached hydrogen (secondary N) is 1. The molecule has 0 aliphatic heterocycles. The second-order valence-corrected chi connectivity index (χ2v) is 9.60. The summed E-state index contributed by atoms with van der Waals surface area (Å²) in [4.78, 5) is 12.6. The maximum absolute atomic E-state index is 13.2. The molecule has 0 aliphatic rings. The number of ether oxygens (including phenoxy) is 1. The second kappa shape index (κ2) is 11.0. The minimum absolute atomic E-state index is 0.0445. The minimum atomic E-state index is -3.92. The van der Waals surface area contributed by atoms with Gasteiger partial charge in [0.05, 0.1) is 24.8 Å². The molecule has 0 fully saturated rings. The van der Waals surface area contributed by atoms with Crippen molar-refractivity contribution in [1.29, 1.82) is 0 Å². The van der Waals surface area contributed by atoms with E-state index in [1.807, 2.05) is 42.5 Å². The summed E-state index contributed by atoms with van der Waals surface area (Å²) in [7, 11) is -2.38. The fourth-order valence-electron chi connectivity index (χ4n) is 2.91. The molecule has 0 bridgehead atoms. The van der Waals surface area contributed by atoms with E-state index in [-0.39, 0.29) is 11.4 Å². The van der Waals surface area contributed by atoms with Gasteiger partial charge in [-0.3, -0.25) is 4.79 Å². The third-order valence-electron chi connectivity index (χ3n) is 4.50. The van der Waals surface area contributed by atoms with Gasteiger partial charge in [0, 0.05) is 16.6 Å². The van der Waals surface area contributed by atoms with E-state index < -0.39 is 22.5 Å². The third-order valence-corrected chi connectivity index (χ3v) is 6.84. The Hall–Kier alpha value is -3.01. The molecule has 0 heterocycles.